The predicted octanol–water partition coefficient (Wildman–Crippen LogP) is 13.0. The van der Waals surface area contributed by atoms with Crippen LogP contribution in [0.4, 0.5) is 62.6 Å². The Balaban J connectivity index is 1.35. The highest BCUT2D eigenvalue weighted by Gasteiger charge is 2.58. The predicted molar refractivity (Wildman–Crippen MR) is 258 cm³/mol. The number of nitrogens with zero attached hydrogens (tertiary/aromatic N) is 4. The van der Waals surface area contributed by atoms with Gasteiger partial charge in [-0.3, -0.25) is 0 Å². The van der Waals surface area contributed by atoms with Gasteiger partial charge in [0.05, 0.1) is 41.4 Å². The van der Waals surface area contributed by atoms with Crippen LogP contribution in [0.15, 0.2) is 200 Å². The Hall–Kier alpha value is -6.98. The van der Waals surface area contributed by atoms with E-state index in [1.807, 2.05) is 37.3 Å². The van der Waals surface area contributed by atoms with Crippen molar-refractivity contribution < 1.29 is 30.2 Å². The quantitative estimate of drug-likeness (QED) is 0.155. The molecule has 0 N–H and O–H groups in total. The van der Waals surface area contributed by atoms with Gasteiger partial charge in [-0.05, 0) is 132 Å². The lowest BCUT2D eigenvalue weighted by Gasteiger charge is -2.50. The average Bonchev–Trinajstić information content (AvgIpc) is 1.70. The first-order valence-electron chi connectivity index (χ1n) is 31.1. The SMILES string of the molecule is [2H]c1c([2H])c([2H])c(N2c3ccccc3B3c4c2cc(N(c2c([2H])c([2H])c([2H])c([2H])c2[2H])c2c([2H])c([2H])c([2H])c([2H])c2[2H])cc4N(c2c([2H])c([2H])c([2H])c([2H])c2[2H])c2c([2H])c4c(c([2H])c23)N(c2ccccc2)C2(C)CCCCC42C)c([2H])c1[2H]. The molecule has 2 atom stereocenters. The maximum absolute atomic E-state index is 10.9. The van der Waals surface area contributed by atoms with Crippen LogP contribution in [-0.4, -0.2) is 12.3 Å². The van der Waals surface area contributed by atoms with Crippen LogP contribution in [0.5, 0.6) is 0 Å². The highest BCUT2D eigenvalue weighted by atomic mass is 15.3. The Morgan fingerprint density at radius 1 is 0.508 bits per heavy atom. The van der Waals surface area contributed by atoms with Crippen molar-refractivity contribution in [2.24, 2.45) is 0 Å². The zero-order valence-corrected chi connectivity index (χ0v) is 33.0. The van der Waals surface area contributed by atoms with Crippen LogP contribution in [0, 0.1) is 0 Å². The molecule has 12 rings (SSSR count). The molecule has 0 aromatic heterocycles. The van der Waals surface area contributed by atoms with Crippen molar-refractivity contribution in [2.45, 2.75) is 50.5 Å². The Labute approximate surface area is 390 Å². The summed E-state index contributed by atoms with van der Waals surface area (Å²) in [4.78, 5) is 5.59. The number of para-hydroxylation sites is 6. The van der Waals surface area contributed by atoms with Gasteiger partial charge in [0.15, 0.2) is 0 Å². The molecule has 3 heterocycles. The molecule has 294 valence electrons. The fraction of sp³-hybridized carbons (Fsp3) is 0.143. The zero-order chi connectivity index (χ0) is 59.9. The van der Waals surface area contributed by atoms with Gasteiger partial charge in [0.1, 0.15) is 0 Å². The van der Waals surface area contributed by atoms with E-state index >= 15 is 0 Å². The molecule has 3 aliphatic heterocycles. The summed E-state index contributed by atoms with van der Waals surface area (Å²) in [5, 5.41) is 0. The highest BCUT2D eigenvalue weighted by molar-refractivity contribution is 7.00. The summed E-state index contributed by atoms with van der Waals surface area (Å²) in [6.45, 7) is 2.94. The molecule has 0 spiro atoms. The van der Waals surface area contributed by atoms with Crippen LogP contribution in [0.2, 0.25) is 0 Å². The number of rotatable bonds is 6. The molecule has 0 radical (unpaired) electrons. The second-order valence-electron chi connectivity index (χ2n) is 16.0. The van der Waals surface area contributed by atoms with Crippen LogP contribution < -0.4 is 36.0 Å². The van der Waals surface area contributed by atoms with E-state index < -0.39 is 161 Å². The van der Waals surface area contributed by atoms with E-state index in [1.165, 1.54) is 21.9 Å². The van der Waals surface area contributed by atoms with E-state index in [1.54, 1.807) is 24.3 Å². The van der Waals surface area contributed by atoms with Crippen LogP contribution in [0.25, 0.3) is 0 Å². The molecule has 8 aromatic rings. The fourth-order valence-corrected chi connectivity index (χ4v) is 10.2. The largest absolute Gasteiger partial charge is 0.334 e. The van der Waals surface area contributed by atoms with Gasteiger partial charge in [0.2, 0.25) is 0 Å². The molecule has 0 bridgehead atoms. The van der Waals surface area contributed by atoms with E-state index in [0.29, 0.717) is 29.6 Å². The third-order valence-corrected chi connectivity index (χ3v) is 13.0. The van der Waals surface area contributed by atoms with Crippen LogP contribution in [0.1, 0.15) is 75.3 Å². The lowest BCUT2D eigenvalue weighted by molar-refractivity contribution is 0.195. The van der Waals surface area contributed by atoms with Gasteiger partial charge in [0.25, 0.3) is 6.71 Å². The normalized spacial score (nSPS) is 24.4. The van der Waals surface area contributed by atoms with Crippen molar-refractivity contribution in [2.75, 3.05) is 19.6 Å². The minimum Gasteiger partial charge on any atom is -0.334 e. The highest BCUT2D eigenvalue weighted by Crippen LogP contribution is 2.62. The molecule has 1 aliphatic carbocycles. The van der Waals surface area contributed by atoms with Crippen LogP contribution >= 0.6 is 0 Å². The van der Waals surface area contributed by atoms with Gasteiger partial charge in [-0.25, -0.2) is 0 Å². The minimum absolute atomic E-state index is 0.0966. The first-order chi connectivity index (χ1) is 39.2. The van der Waals surface area contributed by atoms with Gasteiger partial charge in [-0.2, -0.15) is 0 Å². The summed E-state index contributed by atoms with van der Waals surface area (Å²) in [5.74, 6) is 0. The van der Waals surface area contributed by atoms with Crippen LogP contribution in [-0.2, 0) is 5.41 Å². The summed E-state index contributed by atoms with van der Waals surface area (Å²) in [6.07, 6.45) is 2.72. The van der Waals surface area contributed by atoms with Crippen molar-refractivity contribution in [3.05, 3.63) is 205 Å². The third-order valence-electron chi connectivity index (χ3n) is 13.0. The maximum atomic E-state index is 10.9. The van der Waals surface area contributed by atoms with Gasteiger partial charge < -0.3 is 19.6 Å². The van der Waals surface area contributed by atoms with E-state index in [-0.39, 0.29) is 51.4 Å². The number of fused-ring (bicyclic) bond motifs is 7. The summed E-state index contributed by atoms with van der Waals surface area (Å²) < 4.78 is 205. The molecule has 0 amide bonds. The molecule has 1 fully saturated rings. The zero-order valence-electron chi connectivity index (χ0n) is 55.0. The molecule has 4 nitrogen and oxygen atoms in total. The minimum atomic E-state index is -1.21. The van der Waals surface area contributed by atoms with Gasteiger partial charge >= 0.3 is 0 Å². The first-order valence-corrected chi connectivity index (χ1v) is 20.1. The van der Waals surface area contributed by atoms with Crippen molar-refractivity contribution in [3.63, 3.8) is 0 Å². The smallest absolute Gasteiger partial charge is 0.252 e. The van der Waals surface area contributed by atoms with Crippen molar-refractivity contribution in [1.82, 2.24) is 0 Å². The summed E-state index contributed by atoms with van der Waals surface area (Å²) >= 11 is 0. The maximum Gasteiger partial charge on any atom is 0.252 e. The fourth-order valence-electron chi connectivity index (χ4n) is 10.2. The molecular formula is C56H47BN4. The summed E-state index contributed by atoms with van der Waals surface area (Å²) in [7, 11) is 0. The number of hydrogen-bond donors (Lipinski definition) is 0. The first kappa shape index (κ1) is 20.1. The molecule has 5 heteroatoms. The molecular weight excluding hydrogens is 739 g/mol. The Bertz CT molecular complexity index is 4050. The molecule has 1 saturated carbocycles. The molecule has 2 unspecified atom stereocenters. The Kier molecular flexibility index (Phi) is 4.53. The molecule has 61 heavy (non-hydrogen) atoms. The van der Waals surface area contributed by atoms with Gasteiger partial charge in [-0.15, -0.1) is 0 Å². The van der Waals surface area contributed by atoms with Gasteiger partial charge in [-0.1, -0.05) is 129 Å². The van der Waals surface area contributed by atoms with E-state index in [2.05, 4.69) is 11.8 Å². The second-order valence-corrected chi connectivity index (χ2v) is 16.0. The Morgan fingerprint density at radius 2 is 1.05 bits per heavy atom. The van der Waals surface area contributed by atoms with E-state index in [4.69, 9.17) is 16.4 Å². The van der Waals surface area contributed by atoms with Crippen molar-refractivity contribution in [1.29, 1.82) is 0 Å². The standard InChI is InChI=1S/C56H47BN4/c1-55-34-20-21-35-56(55,2)61(44-30-16-7-17-31-44)50-39-48-51(38-46(50)55)60(43-28-14-6-15-29-43)53-37-45(58(40-22-8-3-9-23-40)41-24-10-4-11-25-41)36-52-54(53)57(48)47-32-18-19-33-49(47)59(52)42-26-12-5-13-27-42/h3-19,22-33,36-39H,20-21,34-35H2,1-2H3/i3D,4D,5D,6D,8D,9D,10D,11D,12D,13D,14D,15D,22D,23D,24D,25D,26D,27D,28D,29D,38D,39D. The second kappa shape index (κ2) is 13.8. The lowest BCUT2D eigenvalue weighted by atomic mass is 9.33. The van der Waals surface area contributed by atoms with Gasteiger partial charge in [0, 0.05) is 62.3 Å². The molecule has 0 saturated heterocycles. The lowest BCUT2D eigenvalue weighted by Crippen LogP contribution is -2.61. The monoisotopic (exact) mass is 809 g/mol. The molecule has 8 aromatic carbocycles. The third kappa shape index (κ3) is 5.26. The summed E-state index contributed by atoms with van der Waals surface area (Å²) in [6, 6.07) is 2.19. The topological polar surface area (TPSA) is 13.0 Å². The average molecular weight is 809 g/mol. The summed E-state index contributed by atoms with van der Waals surface area (Å²) in [5.41, 5.74) is -2.50. The number of benzene rings is 8. The van der Waals surface area contributed by atoms with E-state index in [9.17, 15) is 13.7 Å². The van der Waals surface area contributed by atoms with E-state index in [0.717, 1.165) is 23.4 Å². The number of anilines is 11. The van der Waals surface area contributed by atoms with Crippen LogP contribution in [0.3, 0.4) is 0 Å². The Morgan fingerprint density at radius 3 is 1.67 bits per heavy atom. The number of hydrogen-bond acceptors (Lipinski definition) is 4. The van der Waals surface area contributed by atoms with Crippen molar-refractivity contribution >= 4 is 85.7 Å². The van der Waals surface area contributed by atoms with Crippen molar-refractivity contribution in [3.8, 4) is 0 Å². The molecule has 4 aliphatic rings.